The van der Waals surface area contributed by atoms with Crippen molar-refractivity contribution in [3.05, 3.63) is 51.5 Å². The molecule has 0 saturated heterocycles. The van der Waals surface area contributed by atoms with E-state index in [0.717, 1.165) is 6.42 Å². The van der Waals surface area contributed by atoms with E-state index in [1.165, 1.54) is 16.5 Å². The summed E-state index contributed by atoms with van der Waals surface area (Å²) in [5.74, 6) is -1.35. The summed E-state index contributed by atoms with van der Waals surface area (Å²) in [6, 6.07) is 6.53. The zero-order chi connectivity index (χ0) is 15.0. The number of carboxylic acids is 1. The summed E-state index contributed by atoms with van der Waals surface area (Å²) in [4.78, 5) is 30.6. The van der Waals surface area contributed by atoms with Crippen molar-refractivity contribution < 1.29 is 14.7 Å². The Morgan fingerprint density at radius 2 is 2.10 bits per heavy atom. The van der Waals surface area contributed by atoms with Crippen LogP contribution in [0.2, 0.25) is 0 Å². The maximum Gasteiger partial charge on any atom is 0.354 e. The van der Waals surface area contributed by atoms with Gasteiger partial charge in [0.2, 0.25) is 0 Å². The summed E-state index contributed by atoms with van der Waals surface area (Å²) >= 11 is 1.71. The molecule has 2 aromatic heterocycles. The van der Waals surface area contributed by atoms with Crippen LogP contribution in [0.5, 0.6) is 0 Å². The summed E-state index contributed by atoms with van der Waals surface area (Å²) < 4.78 is 0. The third kappa shape index (κ3) is 2.42. The van der Waals surface area contributed by atoms with Crippen LogP contribution in [0.3, 0.4) is 0 Å². The predicted octanol–water partition coefficient (Wildman–Crippen LogP) is 2.60. The van der Waals surface area contributed by atoms with E-state index < -0.39 is 5.97 Å². The number of carbonyl (C=O) groups excluding carboxylic acids is 1. The minimum atomic E-state index is -1.13. The highest BCUT2D eigenvalue weighted by molar-refractivity contribution is 7.10. The second-order valence-corrected chi connectivity index (χ2v) is 5.94. The van der Waals surface area contributed by atoms with Gasteiger partial charge in [-0.05, 0) is 42.5 Å². The van der Waals surface area contributed by atoms with Gasteiger partial charge in [-0.1, -0.05) is 6.07 Å². The first kappa shape index (κ1) is 13.8. The first-order valence-corrected chi connectivity index (χ1v) is 7.53. The largest absolute Gasteiger partial charge is 0.477 e. The van der Waals surface area contributed by atoms with Gasteiger partial charge in [0, 0.05) is 11.4 Å². The average molecular weight is 302 g/mol. The number of fused-ring (bicyclic) bond motifs is 1. The number of carbonyl (C=O) groups is 2. The molecular formula is C15H14N2O3S. The molecule has 0 aromatic carbocycles. The molecule has 1 atom stereocenters. The van der Waals surface area contributed by atoms with Gasteiger partial charge >= 0.3 is 5.97 Å². The number of hydrogen-bond donors (Lipinski definition) is 1. The number of amides is 1. The number of thiophene rings is 1. The Morgan fingerprint density at radius 3 is 2.86 bits per heavy atom. The van der Waals surface area contributed by atoms with E-state index in [1.54, 1.807) is 28.4 Å². The molecular weight excluding hydrogens is 288 g/mol. The number of rotatable bonds is 2. The minimum absolute atomic E-state index is 0.0113. The summed E-state index contributed by atoms with van der Waals surface area (Å²) in [6.45, 7) is 2.62. The molecule has 6 heteroatoms. The zero-order valence-electron chi connectivity index (χ0n) is 11.4. The van der Waals surface area contributed by atoms with Crippen molar-refractivity contribution in [1.29, 1.82) is 0 Å². The number of pyridine rings is 1. The number of aromatic nitrogens is 1. The Kier molecular flexibility index (Phi) is 3.47. The van der Waals surface area contributed by atoms with Gasteiger partial charge in [-0.2, -0.15) is 0 Å². The van der Waals surface area contributed by atoms with Gasteiger partial charge in [-0.3, -0.25) is 4.79 Å². The van der Waals surface area contributed by atoms with Crippen LogP contribution in [0.1, 0.15) is 44.4 Å². The lowest BCUT2D eigenvalue weighted by Crippen LogP contribution is -2.38. The van der Waals surface area contributed by atoms with E-state index in [4.69, 9.17) is 5.11 Å². The van der Waals surface area contributed by atoms with Crippen molar-refractivity contribution in [2.75, 3.05) is 6.54 Å². The molecule has 1 amide bonds. The molecule has 0 bridgehead atoms. The lowest BCUT2D eigenvalue weighted by molar-refractivity contribution is 0.0671. The molecule has 108 valence electrons. The summed E-state index contributed by atoms with van der Waals surface area (Å²) in [7, 11) is 0. The van der Waals surface area contributed by atoms with E-state index in [-0.39, 0.29) is 23.3 Å². The van der Waals surface area contributed by atoms with E-state index in [0.29, 0.717) is 6.54 Å². The van der Waals surface area contributed by atoms with Crippen molar-refractivity contribution in [1.82, 2.24) is 9.88 Å². The zero-order valence-corrected chi connectivity index (χ0v) is 12.3. The first-order chi connectivity index (χ1) is 10.1. The lowest BCUT2D eigenvalue weighted by atomic mass is 10.0. The van der Waals surface area contributed by atoms with Crippen LogP contribution in [-0.4, -0.2) is 33.4 Å². The Hall–Kier alpha value is -2.21. The van der Waals surface area contributed by atoms with Crippen LogP contribution in [-0.2, 0) is 6.42 Å². The van der Waals surface area contributed by atoms with Crippen LogP contribution in [0.15, 0.2) is 29.6 Å². The highest BCUT2D eigenvalue weighted by Crippen LogP contribution is 2.33. The molecule has 0 aliphatic carbocycles. The molecule has 0 spiro atoms. The molecule has 3 heterocycles. The molecule has 1 aliphatic rings. The first-order valence-electron chi connectivity index (χ1n) is 6.65. The summed E-state index contributed by atoms with van der Waals surface area (Å²) in [5.41, 5.74) is 1.25. The maximum atomic E-state index is 12.6. The van der Waals surface area contributed by atoms with Crippen molar-refractivity contribution in [3.8, 4) is 0 Å². The van der Waals surface area contributed by atoms with Gasteiger partial charge in [0.05, 0.1) is 6.04 Å². The predicted molar refractivity (Wildman–Crippen MR) is 78.7 cm³/mol. The van der Waals surface area contributed by atoms with Gasteiger partial charge in [-0.15, -0.1) is 11.3 Å². The Morgan fingerprint density at radius 1 is 1.33 bits per heavy atom. The van der Waals surface area contributed by atoms with Crippen molar-refractivity contribution in [3.63, 3.8) is 0 Å². The van der Waals surface area contributed by atoms with Gasteiger partial charge < -0.3 is 10.0 Å². The standard InChI is InChI=1S/C15H14N2O3S/c1-9-10-6-8-21-13(10)5-7-17(9)14(18)11-3-2-4-12(16-11)15(19)20/h2-4,6,8-9H,5,7H2,1H3,(H,19,20). The van der Waals surface area contributed by atoms with Gasteiger partial charge in [-0.25, -0.2) is 9.78 Å². The van der Waals surface area contributed by atoms with Crippen molar-refractivity contribution >= 4 is 23.2 Å². The van der Waals surface area contributed by atoms with Crippen LogP contribution >= 0.6 is 11.3 Å². The van der Waals surface area contributed by atoms with Gasteiger partial charge in [0.25, 0.3) is 5.91 Å². The number of carboxylic acid groups (broad SMARTS) is 1. The SMILES string of the molecule is CC1c2ccsc2CCN1C(=O)c1cccc(C(=O)O)n1. The molecule has 1 unspecified atom stereocenters. The third-order valence-electron chi connectivity index (χ3n) is 3.73. The normalized spacial score (nSPS) is 17.4. The maximum absolute atomic E-state index is 12.6. The molecule has 0 fully saturated rings. The highest BCUT2D eigenvalue weighted by Gasteiger charge is 2.29. The topological polar surface area (TPSA) is 70.5 Å². The van der Waals surface area contributed by atoms with Crippen LogP contribution in [0.4, 0.5) is 0 Å². The summed E-state index contributed by atoms with van der Waals surface area (Å²) in [6.07, 6.45) is 0.835. The Bertz CT molecular complexity index is 710. The second kappa shape index (κ2) is 5.29. The molecule has 21 heavy (non-hydrogen) atoms. The van der Waals surface area contributed by atoms with Gasteiger partial charge in [0.15, 0.2) is 0 Å². The minimum Gasteiger partial charge on any atom is -0.477 e. The van der Waals surface area contributed by atoms with Crippen LogP contribution in [0, 0.1) is 0 Å². The highest BCUT2D eigenvalue weighted by atomic mass is 32.1. The Labute approximate surface area is 125 Å². The number of aromatic carboxylic acids is 1. The van der Waals surface area contributed by atoms with Crippen molar-refractivity contribution in [2.24, 2.45) is 0 Å². The molecule has 1 N–H and O–H groups in total. The van der Waals surface area contributed by atoms with Crippen LogP contribution in [0.25, 0.3) is 0 Å². The average Bonchev–Trinajstić information content (AvgIpc) is 2.96. The van der Waals surface area contributed by atoms with Crippen molar-refractivity contribution in [2.45, 2.75) is 19.4 Å². The molecule has 0 saturated carbocycles. The smallest absolute Gasteiger partial charge is 0.354 e. The molecule has 2 aromatic rings. The lowest BCUT2D eigenvalue weighted by Gasteiger charge is -2.33. The second-order valence-electron chi connectivity index (χ2n) is 4.94. The van der Waals surface area contributed by atoms with E-state index >= 15 is 0 Å². The molecule has 1 aliphatic heterocycles. The fourth-order valence-corrected chi connectivity index (χ4v) is 3.57. The van der Waals surface area contributed by atoms with E-state index in [2.05, 4.69) is 4.98 Å². The van der Waals surface area contributed by atoms with Gasteiger partial charge in [0.1, 0.15) is 11.4 Å². The molecule has 3 rings (SSSR count). The van der Waals surface area contributed by atoms with E-state index in [9.17, 15) is 9.59 Å². The molecule has 5 nitrogen and oxygen atoms in total. The van der Waals surface area contributed by atoms with Crippen LogP contribution < -0.4 is 0 Å². The van der Waals surface area contributed by atoms with E-state index in [1.807, 2.05) is 18.4 Å². The quantitative estimate of drug-likeness (QED) is 0.925. The number of nitrogens with zero attached hydrogens (tertiary/aromatic N) is 2. The fourth-order valence-electron chi connectivity index (χ4n) is 2.61. The summed E-state index contributed by atoms with van der Waals surface area (Å²) in [5, 5.41) is 11.0. The number of hydrogen-bond acceptors (Lipinski definition) is 4. The Balaban J connectivity index is 1.89. The monoisotopic (exact) mass is 302 g/mol. The fraction of sp³-hybridized carbons (Fsp3) is 0.267. The third-order valence-corrected chi connectivity index (χ3v) is 4.72. The molecule has 0 radical (unpaired) electrons.